The van der Waals surface area contributed by atoms with E-state index in [4.69, 9.17) is 22.3 Å². The van der Waals surface area contributed by atoms with E-state index in [0.29, 0.717) is 10.8 Å². The monoisotopic (exact) mass is 481 g/mol. The molecule has 3 aromatic heterocycles. The highest BCUT2D eigenvalue weighted by molar-refractivity contribution is 7.99. The molecule has 6 rings (SSSR count). The number of fused-ring (bicyclic) bond motifs is 2. The molecule has 0 bridgehead atoms. The minimum Gasteiger partial charge on any atom is -0.382 e. The summed E-state index contributed by atoms with van der Waals surface area (Å²) >= 11 is 7.76. The summed E-state index contributed by atoms with van der Waals surface area (Å²) in [5.41, 5.74) is 9.24. The van der Waals surface area contributed by atoms with Crippen LogP contribution in [0.5, 0.6) is 0 Å². The van der Waals surface area contributed by atoms with Crippen molar-refractivity contribution in [2.75, 3.05) is 23.7 Å². The first-order valence-electron chi connectivity index (χ1n) is 10.8. The van der Waals surface area contributed by atoms with Gasteiger partial charge in [-0.1, -0.05) is 29.4 Å². The zero-order valence-electron chi connectivity index (χ0n) is 17.7. The molecule has 0 saturated carbocycles. The van der Waals surface area contributed by atoms with Gasteiger partial charge in [0.25, 0.3) is 0 Å². The molecule has 2 aliphatic rings. The van der Waals surface area contributed by atoms with Crippen LogP contribution in [0.15, 0.2) is 52.8 Å². The van der Waals surface area contributed by atoms with Crippen molar-refractivity contribution < 1.29 is 4.39 Å². The maximum atomic E-state index is 13.7. The number of hydrogen-bond donors (Lipinski definition) is 1. The third-order valence-corrected chi connectivity index (χ3v) is 8.36. The minimum absolute atomic E-state index is 0.142. The lowest BCUT2D eigenvalue weighted by Crippen LogP contribution is -2.41. The van der Waals surface area contributed by atoms with Gasteiger partial charge >= 0.3 is 0 Å². The van der Waals surface area contributed by atoms with Crippen LogP contribution < -0.4 is 10.6 Å². The molecule has 4 heterocycles. The van der Waals surface area contributed by atoms with Gasteiger partial charge in [0.2, 0.25) is 5.95 Å². The van der Waals surface area contributed by atoms with Gasteiger partial charge in [-0.2, -0.15) is 0 Å². The minimum atomic E-state index is -0.142. The molecule has 0 unspecified atom stereocenters. The lowest BCUT2D eigenvalue weighted by atomic mass is 9.76. The van der Waals surface area contributed by atoms with E-state index in [9.17, 15) is 4.39 Å². The van der Waals surface area contributed by atoms with Crippen LogP contribution in [0, 0.1) is 11.2 Å². The molecule has 1 aliphatic heterocycles. The maximum absolute atomic E-state index is 13.7. The summed E-state index contributed by atoms with van der Waals surface area (Å²) in [6.07, 6.45) is 9.20. The maximum Gasteiger partial charge on any atom is 0.212 e. The Balaban J connectivity index is 1.23. The van der Waals surface area contributed by atoms with E-state index in [1.165, 1.54) is 22.9 Å². The molecule has 10 heteroatoms. The fraction of sp³-hybridized carbons (Fsp3) is 0.304. The van der Waals surface area contributed by atoms with Gasteiger partial charge in [0.1, 0.15) is 18.0 Å². The lowest BCUT2D eigenvalue weighted by Gasteiger charge is -2.39. The number of halogens is 2. The van der Waals surface area contributed by atoms with Gasteiger partial charge in [0, 0.05) is 30.4 Å². The molecule has 0 radical (unpaired) electrons. The molecule has 2 N–H and O–H groups in total. The van der Waals surface area contributed by atoms with E-state index in [1.54, 1.807) is 24.7 Å². The van der Waals surface area contributed by atoms with Crippen LogP contribution in [0.3, 0.4) is 0 Å². The normalized spacial score (nSPS) is 17.1. The number of benzene rings is 1. The predicted octanol–water partition coefficient (Wildman–Crippen LogP) is 4.43. The summed E-state index contributed by atoms with van der Waals surface area (Å²) < 4.78 is 15.6. The quantitative estimate of drug-likeness (QED) is 0.463. The standard InChI is InChI=1S/C23H21ClFN7S/c24-19-17(3-6-27-20(19)26)33-18-12-28-22(32-13-29-30-21(18)32)31-7-4-23(5-8-31)10-14-1-2-16(25)9-15(14)11-23/h1-3,6,9,12-13H,4-5,7-8,10-11H2,(H2,26,27). The average Bonchev–Trinajstić information content (AvgIpc) is 3.43. The largest absolute Gasteiger partial charge is 0.382 e. The van der Waals surface area contributed by atoms with E-state index in [2.05, 4.69) is 20.1 Å². The Hall–Kier alpha value is -2.91. The van der Waals surface area contributed by atoms with Crippen LogP contribution in [0.2, 0.25) is 5.02 Å². The fourth-order valence-electron chi connectivity index (χ4n) is 5.07. The topological polar surface area (TPSA) is 85.2 Å². The van der Waals surface area contributed by atoms with Crippen LogP contribution in [-0.4, -0.2) is 37.7 Å². The van der Waals surface area contributed by atoms with Crippen LogP contribution in [0.4, 0.5) is 16.2 Å². The summed E-state index contributed by atoms with van der Waals surface area (Å²) in [7, 11) is 0. The highest BCUT2D eigenvalue weighted by Crippen LogP contribution is 2.45. The Morgan fingerprint density at radius 2 is 1.88 bits per heavy atom. The molecule has 33 heavy (non-hydrogen) atoms. The predicted molar refractivity (Wildman–Crippen MR) is 126 cm³/mol. The van der Waals surface area contributed by atoms with E-state index >= 15 is 0 Å². The smallest absolute Gasteiger partial charge is 0.212 e. The number of nitrogens with two attached hydrogens (primary N) is 1. The molecule has 4 aromatic rings. The van der Waals surface area contributed by atoms with Gasteiger partial charge in [-0.25, -0.2) is 18.8 Å². The second-order valence-electron chi connectivity index (χ2n) is 8.81. The van der Waals surface area contributed by atoms with Crippen molar-refractivity contribution in [3.63, 3.8) is 0 Å². The number of pyridine rings is 1. The molecule has 1 fully saturated rings. The Morgan fingerprint density at radius 1 is 1.06 bits per heavy atom. The number of anilines is 2. The number of nitrogens with zero attached hydrogens (tertiary/aromatic N) is 6. The zero-order chi connectivity index (χ0) is 22.6. The summed E-state index contributed by atoms with van der Waals surface area (Å²) in [5, 5.41) is 8.88. The first-order chi connectivity index (χ1) is 16.0. The van der Waals surface area contributed by atoms with E-state index < -0.39 is 0 Å². The van der Waals surface area contributed by atoms with Crippen molar-refractivity contribution in [2.24, 2.45) is 5.41 Å². The SMILES string of the molecule is Nc1nccc(Sc2cnc(N3CCC4(CC3)Cc3ccc(F)cc3C4)n3cnnc23)c1Cl. The molecule has 1 saturated heterocycles. The number of piperidine rings is 1. The van der Waals surface area contributed by atoms with Crippen molar-refractivity contribution in [1.29, 1.82) is 0 Å². The van der Waals surface area contributed by atoms with Gasteiger partial charge < -0.3 is 10.6 Å². The Bertz CT molecular complexity index is 1370. The second kappa shape index (κ2) is 7.85. The Morgan fingerprint density at radius 3 is 2.73 bits per heavy atom. The molecule has 1 aromatic carbocycles. The van der Waals surface area contributed by atoms with Crippen molar-refractivity contribution >= 4 is 40.8 Å². The van der Waals surface area contributed by atoms with Gasteiger partial charge in [-0.3, -0.25) is 0 Å². The molecular weight excluding hydrogens is 461 g/mol. The van der Waals surface area contributed by atoms with Crippen molar-refractivity contribution in [3.05, 3.63) is 65.0 Å². The van der Waals surface area contributed by atoms with Gasteiger partial charge in [0.05, 0.1) is 9.92 Å². The van der Waals surface area contributed by atoms with E-state index in [1.807, 2.05) is 22.7 Å². The highest BCUT2D eigenvalue weighted by Gasteiger charge is 2.40. The number of rotatable bonds is 3. The summed E-state index contributed by atoms with van der Waals surface area (Å²) in [4.78, 5) is 12.7. The summed E-state index contributed by atoms with van der Waals surface area (Å²) in [6, 6.07) is 7.05. The van der Waals surface area contributed by atoms with Crippen LogP contribution in [-0.2, 0) is 12.8 Å². The zero-order valence-corrected chi connectivity index (χ0v) is 19.3. The van der Waals surface area contributed by atoms with Gasteiger partial charge in [-0.15, -0.1) is 10.2 Å². The Labute approximate surface area is 199 Å². The van der Waals surface area contributed by atoms with Gasteiger partial charge in [0.15, 0.2) is 5.65 Å². The molecule has 0 amide bonds. The number of aromatic nitrogens is 5. The third-order valence-electron chi connectivity index (χ3n) is 6.79. The van der Waals surface area contributed by atoms with Crippen LogP contribution >= 0.6 is 23.4 Å². The second-order valence-corrected chi connectivity index (χ2v) is 10.3. The first kappa shape index (κ1) is 20.7. The highest BCUT2D eigenvalue weighted by atomic mass is 35.5. The van der Waals surface area contributed by atoms with Crippen molar-refractivity contribution in [1.82, 2.24) is 24.6 Å². The lowest BCUT2D eigenvalue weighted by molar-refractivity contribution is 0.231. The summed E-state index contributed by atoms with van der Waals surface area (Å²) in [6.45, 7) is 1.77. The van der Waals surface area contributed by atoms with Crippen LogP contribution in [0.25, 0.3) is 5.65 Å². The number of nitrogen functional groups attached to an aromatic ring is 1. The van der Waals surface area contributed by atoms with E-state index in [0.717, 1.165) is 60.2 Å². The molecular formula is C23H21ClFN7S. The molecule has 1 spiro atoms. The Kier molecular flexibility index (Phi) is 4.92. The molecule has 1 aliphatic carbocycles. The van der Waals surface area contributed by atoms with E-state index in [-0.39, 0.29) is 11.2 Å². The summed E-state index contributed by atoms with van der Waals surface area (Å²) in [5.74, 6) is 0.981. The molecule has 7 nitrogen and oxygen atoms in total. The molecule has 168 valence electrons. The number of hydrogen-bond acceptors (Lipinski definition) is 7. The fourth-order valence-corrected chi connectivity index (χ4v) is 6.19. The van der Waals surface area contributed by atoms with Crippen molar-refractivity contribution in [3.8, 4) is 0 Å². The third kappa shape index (κ3) is 3.59. The van der Waals surface area contributed by atoms with Gasteiger partial charge in [-0.05, 0) is 60.4 Å². The molecule has 0 atom stereocenters. The van der Waals surface area contributed by atoms with Crippen molar-refractivity contribution in [2.45, 2.75) is 35.5 Å². The van der Waals surface area contributed by atoms with Crippen LogP contribution in [0.1, 0.15) is 24.0 Å². The first-order valence-corrected chi connectivity index (χ1v) is 12.0. The average molecular weight is 482 g/mol.